The zero-order chi connectivity index (χ0) is 28.8. The third kappa shape index (κ3) is 6.32. The first-order chi connectivity index (χ1) is 19.9. The van der Waals surface area contributed by atoms with Gasteiger partial charge in [-0.3, -0.25) is 4.79 Å². The van der Waals surface area contributed by atoms with E-state index in [0.717, 1.165) is 11.3 Å². The van der Waals surface area contributed by atoms with Crippen molar-refractivity contribution in [1.82, 2.24) is 25.3 Å². The molecule has 1 aliphatic rings. The third-order valence-corrected chi connectivity index (χ3v) is 6.57. The number of nitriles is 1. The molecule has 210 valence electrons. The van der Waals surface area contributed by atoms with Crippen molar-refractivity contribution in [3.05, 3.63) is 78.0 Å². The van der Waals surface area contributed by atoms with Crippen LogP contribution >= 0.6 is 0 Å². The maximum absolute atomic E-state index is 13.7. The van der Waals surface area contributed by atoms with Crippen LogP contribution in [0.3, 0.4) is 0 Å². The number of carbonyl (C=O) groups excluding carboxylic acids is 1. The number of nitrogens with one attached hydrogen (secondary N) is 3. The zero-order valence-corrected chi connectivity index (χ0v) is 22.5. The van der Waals surface area contributed by atoms with E-state index in [2.05, 4.69) is 25.6 Å². The number of carbonyl (C=O) groups is 1. The van der Waals surface area contributed by atoms with E-state index < -0.39 is 11.7 Å². The molecule has 0 atom stereocenters. The first-order valence-corrected chi connectivity index (χ1v) is 12.8. The Balaban J connectivity index is 1.39. The van der Waals surface area contributed by atoms with E-state index >= 15 is 0 Å². The summed E-state index contributed by atoms with van der Waals surface area (Å²) in [5, 5.41) is 14.5. The van der Waals surface area contributed by atoms with Crippen LogP contribution in [0.15, 0.2) is 60.8 Å². The van der Waals surface area contributed by atoms with Crippen molar-refractivity contribution >= 4 is 11.9 Å². The van der Waals surface area contributed by atoms with Crippen molar-refractivity contribution in [2.45, 2.75) is 19.8 Å². The molecule has 0 bridgehead atoms. The summed E-state index contributed by atoms with van der Waals surface area (Å²) in [6, 6.07) is 17.3. The molecule has 0 aliphatic carbocycles. The van der Waals surface area contributed by atoms with Gasteiger partial charge in [0, 0.05) is 18.3 Å². The largest absolute Gasteiger partial charge is 0.497 e. The summed E-state index contributed by atoms with van der Waals surface area (Å²) in [6.45, 7) is 2.22. The van der Waals surface area contributed by atoms with Gasteiger partial charge >= 0.3 is 0 Å². The molecule has 1 aliphatic heterocycles. The summed E-state index contributed by atoms with van der Waals surface area (Å²) in [5.74, 6) is 0.841. The number of anilines is 1. The third-order valence-electron chi connectivity index (χ3n) is 6.57. The average molecular weight is 558 g/mol. The smallest absolute Gasteiger partial charge is 0.231 e. The van der Waals surface area contributed by atoms with E-state index in [1.54, 1.807) is 38.4 Å². The molecule has 12 heteroatoms. The second-order valence-corrected chi connectivity index (χ2v) is 9.68. The van der Waals surface area contributed by atoms with Crippen molar-refractivity contribution in [1.29, 1.82) is 5.26 Å². The van der Waals surface area contributed by atoms with Gasteiger partial charge in [0.05, 0.1) is 48.9 Å². The Morgan fingerprint density at radius 2 is 1.88 bits per heavy atom. The van der Waals surface area contributed by atoms with Crippen molar-refractivity contribution in [2.24, 2.45) is 5.41 Å². The lowest BCUT2D eigenvalue weighted by Crippen LogP contribution is -2.48. The zero-order valence-electron chi connectivity index (χ0n) is 22.5. The van der Waals surface area contributed by atoms with Gasteiger partial charge in [-0.2, -0.15) is 5.26 Å². The van der Waals surface area contributed by atoms with E-state index in [1.807, 2.05) is 30.3 Å². The van der Waals surface area contributed by atoms with Crippen LogP contribution in [0.5, 0.6) is 5.75 Å². The van der Waals surface area contributed by atoms with Crippen molar-refractivity contribution in [3.63, 3.8) is 0 Å². The van der Waals surface area contributed by atoms with Gasteiger partial charge in [0.25, 0.3) is 0 Å². The number of ether oxygens (including phenoxy) is 3. The molecule has 0 saturated carbocycles. The second kappa shape index (κ2) is 12.1. The van der Waals surface area contributed by atoms with E-state index in [1.165, 1.54) is 12.1 Å². The highest BCUT2D eigenvalue weighted by Crippen LogP contribution is 2.35. The van der Waals surface area contributed by atoms with Gasteiger partial charge < -0.3 is 29.8 Å². The number of imidazole rings is 1. The molecule has 2 aromatic carbocycles. The molecule has 0 radical (unpaired) electrons. The molecular weight excluding hydrogens is 529 g/mol. The monoisotopic (exact) mass is 557 g/mol. The first-order valence-electron chi connectivity index (χ1n) is 12.8. The Labute approximate surface area is 235 Å². The lowest BCUT2D eigenvalue weighted by molar-refractivity contribution is -0.230. The summed E-state index contributed by atoms with van der Waals surface area (Å²) in [5.41, 5.74) is 2.36. The van der Waals surface area contributed by atoms with Crippen molar-refractivity contribution in [3.8, 4) is 34.5 Å². The Morgan fingerprint density at radius 3 is 2.56 bits per heavy atom. The lowest BCUT2D eigenvalue weighted by atomic mass is 9.91. The molecule has 3 N–H and O–H groups in total. The van der Waals surface area contributed by atoms with Gasteiger partial charge in [0.2, 0.25) is 18.1 Å². The maximum atomic E-state index is 13.7. The molecular formula is C29H28FN7O4. The minimum Gasteiger partial charge on any atom is -0.497 e. The van der Waals surface area contributed by atoms with Crippen LogP contribution in [0.2, 0.25) is 0 Å². The number of halogens is 1. The van der Waals surface area contributed by atoms with Gasteiger partial charge in [-0.05, 0) is 55.0 Å². The molecule has 11 nitrogen and oxygen atoms in total. The van der Waals surface area contributed by atoms with Gasteiger partial charge in [-0.15, -0.1) is 0 Å². The number of aromatic amines is 1. The van der Waals surface area contributed by atoms with Gasteiger partial charge in [-0.25, -0.2) is 19.3 Å². The quantitative estimate of drug-likeness (QED) is 0.260. The van der Waals surface area contributed by atoms with Crippen LogP contribution in [0, 0.1) is 22.6 Å². The highest BCUT2D eigenvalue weighted by atomic mass is 19.1. The second-order valence-electron chi connectivity index (χ2n) is 9.68. The van der Waals surface area contributed by atoms with E-state index in [9.17, 15) is 9.18 Å². The molecule has 2 aromatic heterocycles. The fraction of sp³-hybridized carbons (Fsp3) is 0.276. The number of nitrogens with zero attached hydrogens (tertiary/aromatic N) is 4. The minimum atomic E-state index is -0.959. The van der Waals surface area contributed by atoms with Gasteiger partial charge in [0.15, 0.2) is 5.82 Å². The summed E-state index contributed by atoms with van der Waals surface area (Å²) >= 11 is 0. The van der Waals surface area contributed by atoms with Crippen molar-refractivity contribution < 1.29 is 23.4 Å². The van der Waals surface area contributed by atoms with E-state index in [0.29, 0.717) is 41.0 Å². The molecule has 1 fully saturated rings. The van der Waals surface area contributed by atoms with Crippen LogP contribution in [0.25, 0.3) is 22.6 Å². The predicted molar refractivity (Wildman–Crippen MR) is 147 cm³/mol. The molecule has 4 aromatic rings. The highest BCUT2D eigenvalue weighted by Gasteiger charge is 2.40. The number of H-pyrrole nitrogens is 1. The molecule has 1 saturated heterocycles. The molecule has 41 heavy (non-hydrogen) atoms. The van der Waals surface area contributed by atoms with Gasteiger partial charge in [-0.1, -0.05) is 12.1 Å². The summed E-state index contributed by atoms with van der Waals surface area (Å²) in [4.78, 5) is 29.5. The van der Waals surface area contributed by atoms with Crippen LogP contribution in [-0.2, 0) is 20.8 Å². The van der Waals surface area contributed by atoms with E-state index in [-0.39, 0.29) is 31.5 Å². The van der Waals surface area contributed by atoms with Crippen molar-refractivity contribution in [2.75, 3.05) is 32.2 Å². The standard InChI is InChI=1S/C29H28FN7O4/c1-29(27(38)32-14-12-31)16-40-26(41-17-29)25-36-23(19-5-7-20(30)8-6-19)24(37-25)22-11-13-33-28(35-22)34-15-18-3-9-21(39-2)10-4-18/h3-11,13,26H,14-17H2,1-2H3,(H,32,38)(H,36,37)(H,33,34,35). The predicted octanol–water partition coefficient (Wildman–Crippen LogP) is 3.98. The number of benzene rings is 2. The SMILES string of the molecule is COc1ccc(CNc2nccc(-c3[nH]c(C4OCC(C)(C(=O)NCC#N)CO4)nc3-c3ccc(F)cc3)n2)cc1. The fourth-order valence-corrected chi connectivity index (χ4v) is 4.24. The first kappa shape index (κ1) is 27.7. The average Bonchev–Trinajstić information content (AvgIpc) is 3.45. The number of methoxy groups -OCH3 is 1. The molecule has 0 spiro atoms. The molecule has 0 unspecified atom stereocenters. The topological polar surface area (TPSA) is 147 Å². The Morgan fingerprint density at radius 1 is 1.15 bits per heavy atom. The highest BCUT2D eigenvalue weighted by molar-refractivity contribution is 5.83. The Bertz CT molecular complexity index is 1540. The van der Waals surface area contributed by atoms with Gasteiger partial charge in [0.1, 0.15) is 18.1 Å². The molecule has 5 rings (SSSR count). The normalized spacial score (nSPS) is 18.3. The number of hydrogen-bond acceptors (Lipinski definition) is 9. The number of hydrogen-bond donors (Lipinski definition) is 3. The number of rotatable bonds is 9. The van der Waals surface area contributed by atoms with E-state index in [4.69, 9.17) is 24.5 Å². The summed E-state index contributed by atoms with van der Waals surface area (Å²) < 4.78 is 30.7. The Kier molecular flexibility index (Phi) is 8.19. The van der Waals surface area contributed by atoms with Crippen LogP contribution < -0.4 is 15.4 Å². The molecule has 1 amide bonds. The van der Waals surface area contributed by atoms with Crippen LogP contribution in [0.1, 0.15) is 24.6 Å². The number of amides is 1. The number of aromatic nitrogens is 4. The van der Waals surface area contributed by atoms with Crippen LogP contribution in [-0.4, -0.2) is 52.7 Å². The minimum absolute atomic E-state index is 0.0593. The molecule has 3 heterocycles. The fourth-order valence-electron chi connectivity index (χ4n) is 4.24. The summed E-state index contributed by atoms with van der Waals surface area (Å²) in [6.07, 6.45) is 0.751. The summed E-state index contributed by atoms with van der Waals surface area (Å²) in [7, 11) is 1.62. The lowest BCUT2D eigenvalue weighted by Gasteiger charge is -2.35. The van der Waals surface area contributed by atoms with Crippen LogP contribution in [0.4, 0.5) is 10.3 Å². The Hall–Kier alpha value is -4.86. The maximum Gasteiger partial charge on any atom is 0.231 e.